The summed E-state index contributed by atoms with van der Waals surface area (Å²) in [5.41, 5.74) is 5.80. The Labute approximate surface area is 73.5 Å². The third kappa shape index (κ3) is 2.80. The molecule has 1 fully saturated rings. The van der Waals surface area contributed by atoms with Crippen LogP contribution in [-0.2, 0) is 4.74 Å². The highest BCUT2D eigenvalue weighted by Gasteiger charge is 2.23. The van der Waals surface area contributed by atoms with Crippen molar-refractivity contribution in [3.63, 3.8) is 0 Å². The zero-order valence-electron chi connectivity index (χ0n) is 7.33. The van der Waals surface area contributed by atoms with Crippen molar-refractivity contribution in [3.05, 3.63) is 0 Å². The van der Waals surface area contributed by atoms with E-state index in [2.05, 4.69) is 6.07 Å². The summed E-state index contributed by atoms with van der Waals surface area (Å²) in [5, 5.41) is 8.28. The second kappa shape index (κ2) is 5.13. The van der Waals surface area contributed by atoms with Crippen molar-refractivity contribution in [2.24, 2.45) is 5.73 Å². The molecule has 0 aliphatic heterocycles. The summed E-state index contributed by atoms with van der Waals surface area (Å²) in [6, 6.07) is 2.32. The molecule has 0 aromatic heterocycles. The topological polar surface area (TPSA) is 59.0 Å². The average Bonchev–Trinajstić information content (AvgIpc) is 2.46. The minimum Gasteiger partial charge on any atom is -0.377 e. The zero-order chi connectivity index (χ0) is 8.81. The summed E-state index contributed by atoms with van der Waals surface area (Å²) in [7, 11) is 0. The summed E-state index contributed by atoms with van der Waals surface area (Å²) >= 11 is 0. The average molecular weight is 168 g/mol. The van der Waals surface area contributed by atoms with Crippen molar-refractivity contribution in [3.8, 4) is 6.07 Å². The van der Waals surface area contributed by atoms with Gasteiger partial charge in [-0.1, -0.05) is 0 Å². The van der Waals surface area contributed by atoms with Crippen LogP contribution >= 0.6 is 0 Å². The fourth-order valence-corrected chi connectivity index (χ4v) is 1.55. The number of hydrogen-bond acceptors (Lipinski definition) is 3. The highest BCUT2D eigenvalue weighted by Crippen LogP contribution is 2.20. The van der Waals surface area contributed by atoms with Gasteiger partial charge in [0.05, 0.1) is 12.2 Å². The molecule has 2 atom stereocenters. The molecule has 1 rings (SSSR count). The molecule has 0 bridgehead atoms. The van der Waals surface area contributed by atoms with Crippen molar-refractivity contribution in [2.45, 2.75) is 44.2 Å². The summed E-state index contributed by atoms with van der Waals surface area (Å²) in [4.78, 5) is 0. The number of unbranched alkanes of at least 4 members (excludes halogenated alkanes) is 1. The van der Waals surface area contributed by atoms with Crippen molar-refractivity contribution < 1.29 is 4.74 Å². The zero-order valence-corrected chi connectivity index (χ0v) is 7.33. The Balaban J connectivity index is 2.03. The summed E-state index contributed by atoms with van der Waals surface area (Å²) in [6.45, 7) is 0.686. The van der Waals surface area contributed by atoms with Gasteiger partial charge in [0, 0.05) is 19.1 Å². The Morgan fingerprint density at radius 2 is 2.33 bits per heavy atom. The third-order valence-corrected chi connectivity index (χ3v) is 2.27. The van der Waals surface area contributed by atoms with Gasteiger partial charge in [-0.3, -0.25) is 0 Å². The minimum absolute atomic E-state index is 0.229. The van der Waals surface area contributed by atoms with Gasteiger partial charge in [-0.2, -0.15) is 5.26 Å². The van der Waals surface area contributed by atoms with E-state index in [1.807, 2.05) is 0 Å². The van der Waals surface area contributed by atoms with Gasteiger partial charge in [-0.25, -0.2) is 0 Å². The monoisotopic (exact) mass is 168 g/mol. The van der Waals surface area contributed by atoms with Crippen LogP contribution < -0.4 is 5.73 Å². The minimum atomic E-state index is 0.229. The van der Waals surface area contributed by atoms with Crippen LogP contribution in [0.1, 0.15) is 32.1 Å². The van der Waals surface area contributed by atoms with Crippen molar-refractivity contribution >= 4 is 0 Å². The lowest BCUT2D eigenvalue weighted by atomic mass is 10.2. The quantitative estimate of drug-likeness (QED) is 0.641. The van der Waals surface area contributed by atoms with E-state index in [9.17, 15) is 0 Å². The lowest BCUT2D eigenvalue weighted by Gasteiger charge is -2.15. The second-order valence-corrected chi connectivity index (χ2v) is 3.27. The van der Waals surface area contributed by atoms with E-state index in [0.717, 1.165) is 19.3 Å². The van der Waals surface area contributed by atoms with Gasteiger partial charge in [-0.05, 0) is 25.7 Å². The molecule has 68 valence electrons. The molecular formula is C9H16N2O. The number of ether oxygens (including phenoxy) is 1. The standard InChI is InChI=1S/C9H16N2O/c10-6-1-2-7-12-9-5-3-4-8(9)11/h8-9H,1-5,7,11H2. The number of rotatable bonds is 4. The Hall–Kier alpha value is -0.590. The second-order valence-electron chi connectivity index (χ2n) is 3.27. The number of nitrogens with zero attached hydrogens (tertiary/aromatic N) is 1. The lowest BCUT2D eigenvalue weighted by Crippen LogP contribution is -2.31. The van der Waals surface area contributed by atoms with E-state index in [1.54, 1.807) is 0 Å². The van der Waals surface area contributed by atoms with Crippen LogP contribution in [0.3, 0.4) is 0 Å². The van der Waals surface area contributed by atoms with E-state index in [-0.39, 0.29) is 12.1 Å². The SMILES string of the molecule is N#CCCCOC1CCCC1N. The van der Waals surface area contributed by atoms with Crippen LogP contribution in [0.2, 0.25) is 0 Å². The van der Waals surface area contributed by atoms with Gasteiger partial charge in [-0.15, -0.1) is 0 Å². The van der Waals surface area contributed by atoms with Crippen LogP contribution in [0.15, 0.2) is 0 Å². The summed E-state index contributed by atoms with van der Waals surface area (Å²) in [6.07, 6.45) is 5.03. The largest absolute Gasteiger partial charge is 0.377 e. The van der Waals surface area contributed by atoms with Crippen LogP contribution in [0, 0.1) is 11.3 Å². The van der Waals surface area contributed by atoms with Gasteiger partial charge in [0.1, 0.15) is 0 Å². The fourth-order valence-electron chi connectivity index (χ4n) is 1.55. The molecule has 3 heteroatoms. The van der Waals surface area contributed by atoms with E-state index >= 15 is 0 Å². The summed E-state index contributed by atoms with van der Waals surface area (Å²) in [5.74, 6) is 0. The van der Waals surface area contributed by atoms with Crippen molar-refractivity contribution in [1.29, 1.82) is 5.26 Å². The van der Waals surface area contributed by atoms with Gasteiger partial charge in [0.2, 0.25) is 0 Å². The number of nitriles is 1. The molecule has 2 unspecified atom stereocenters. The van der Waals surface area contributed by atoms with Gasteiger partial charge < -0.3 is 10.5 Å². The first-order valence-corrected chi connectivity index (χ1v) is 4.58. The van der Waals surface area contributed by atoms with Crippen molar-refractivity contribution in [1.82, 2.24) is 0 Å². The smallest absolute Gasteiger partial charge is 0.0725 e. The molecule has 2 N–H and O–H groups in total. The van der Waals surface area contributed by atoms with E-state index in [0.29, 0.717) is 13.0 Å². The molecule has 0 aromatic rings. The number of nitrogens with two attached hydrogens (primary N) is 1. The molecule has 0 heterocycles. The van der Waals surface area contributed by atoms with Crippen molar-refractivity contribution in [2.75, 3.05) is 6.61 Å². The van der Waals surface area contributed by atoms with E-state index in [1.165, 1.54) is 6.42 Å². The Morgan fingerprint density at radius 1 is 1.50 bits per heavy atom. The Bertz CT molecular complexity index is 164. The normalized spacial score (nSPS) is 28.7. The Kier molecular flexibility index (Phi) is 4.06. The maximum atomic E-state index is 8.28. The van der Waals surface area contributed by atoms with Gasteiger partial charge >= 0.3 is 0 Å². The highest BCUT2D eigenvalue weighted by atomic mass is 16.5. The fraction of sp³-hybridized carbons (Fsp3) is 0.889. The highest BCUT2D eigenvalue weighted by molar-refractivity contribution is 4.80. The molecule has 12 heavy (non-hydrogen) atoms. The molecule has 1 saturated carbocycles. The molecule has 1 aliphatic rings. The third-order valence-electron chi connectivity index (χ3n) is 2.27. The first kappa shape index (κ1) is 9.50. The first-order chi connectivity index (χ1) is 5.84. The van der Waals surface area contributed by atoms with E-state index in [4.69, 9.17) is 15.7 Å². The van der Waals surface area contributed by atoms with E-state index < -0.39 is 0 Å². The number of hydrogen-bond donors (Lipinski definition) is 1. The van der Waals surface area contributed by atoms with Gasteiger partial charge in [0.15, 0.2) is 0 Å². The maximum Gasteiger partial charge on any atom is 0.0725 e. The molecule has 0 aromatic carbocycles. The van der Waals surface area contributed by atoms with Gasteiger partial charge in [0.25, 0.3) is 0 Å². The first-order valence-electron chi connectivity index (χ1n) is 4.58. The van der Waals surface area contributed by atoms with Crippen LogP contribution in [0.5, 0.6) is 0 Å². The molecule has 3 nitrogen and oxygen atoms in total. The molecule has 1 aliphatic carbocycles. The molecular weight excluding hydrogens is 152 g/mol. The van der Waals surface area contributed by atoms with Crippen LogP contribution in [0.4, 0.5) is 0 Å². The maximum absolute atomic E-state index is 8.28. The predicted molar refractivity (Wildman–Crippen MR) is 46.4 cm³/mol. The van der Waals surface area contributed by atoms with Crippen LogP contribution in [-0.4, -0.2) is 18.8 Å². The summed E-state index contributed by atoms with van der Waals surface area (Å²) < 4.78 is 5.54. The predicted octanol–water partition coefficient (Wildman–Crippen LogP) is 1.19. The molecule has 0 spiro atoms. The molecule has 0 amide bonds. The lowest BCUT2D eigenvalue weighted by molar-refractivity contribution is 0.0472. The molecule has 0 radical (unpaired) electrons. The Morgan fingerprint density at radius 3 is 2.92 bits per heavy atom. The van der Waals surface area contributed by atoms with Crippen LogP contribution in [0.25, 0.3) is 0 Å². The molecule has 0 saturated heterocycles.